The van der Waals surface area contributed by atoms with E-state index in [2.05, 4.69) is 10.6 Å². The van der Waals surface area contributed by atoms with E-state index in [0.29, 0.717) is 10.7 Å². The highest BCUT2D eigenvalue weighted by Crippen LogP contribution is 2.20. The minimum atomic E-state index is -0.697. The summed E-state index contributed by atoms with van der Waals surface area (Å²) in [6.45, 7) is -0.111. The van der Waals surface area contributed by atoms with Gasteiger partial charge in [-0.1, -0.05) is 23.7 Å². The van der Waals surface area contributed by atoms with Gasteiger partial charge in [0.15, 0.2) is 0 Å². The minimum absolute atomic E-state index is 0.111. The Kier molecular flexibility index (Phi) is 4.53. The highest BCUT2D eigenvalue weighted by molar-refractivity contribution is 6.33. The first-order valence-electron chi connectivity index (χ1n) is 5.79. The zero-order valence-electron chi connectivity index (χ0n) is 10.3. The molecule has 0 aromatic heterocycles. The van der Waals surface area contributed by atoms with Crippen molar-refractivity contribution in [1.29, 1.82) is 0 Å². The number of rotatable bonds is 4. The molecule has 0 unspecified atom stereocenters. The van der Waals surface area contributed by atoms with Crippen LogP contribution in [0.1, 0.15) is 0 Å². The Morgan fingerprint density at radius 3 is 2.60 bits per heavy atom. The number of amides is 1. The molecule has 0 aliphatic heterocycles. The zero-order chi connectivity index (χ0) is 14.5. The molecule has 6 heteroatoms. The molecule has 0 heterocycles. The molecular weight excluding hydrogens is 286 g/mol. The summed E-state index contributed by atoms with van der Waals surface area (Å²) in [7, 11) is 0. The van der Waals surface area contributed by atoms with E-state index in [1.54, 1.807) is 24.3 Å². The highest BCUT2D eigenvalue weighted by Gasteiger charge is 2.08. The number of carbonyl (C=O) groups excluding carboxylic acids is 1. The predicted octanol–water partition coefficient (Wildman–Crippen LogP) is 3.67. The molecule has 0 radical (unpaired) electrons. The maximum absolute atomic E-state index is 13.3. The molecule has 1 amide bonds. The summed E-state index contributed by atoms with van der Waals surface area (Å²) >= 11 is 5.91. The number of hydrogen-bond acceptors (Lipinski definition) is 2. The molecule has 0 atom stereocenters. The lowest BCUT2D eigenvalue weighted by atomic mass is 10.3. The van der Waals surface area contributed by atoms with Crippen molar-refractivity contribution >= 4 is 28.9 Å². The summed E-state index contributed by atoms with van der Waals surface area (Å²) in [4.78, 5) is 11.7. The van der Waals surface area contributed by atoms with Crippen molar-refractivity contribution in [2.24, 2.45) is 0 Å². The van der Waals surface area contributed by atoms with Crippen LogP contribution in [0.4, 0.5) is 20.2 Å². The molecule has 3 nitrogen and oxygen atoms in total. The molecular formula is C14H11ClF2N2O. The molecule has 0 bridgehead atoms. The Hall–Kier alpha value is -2.14. The van der Waals surface area contributed by atoms with E-state index in [-0.39, 0.29) is 12.2 Å². The average Bonchev–Trinajstić information content (AvgIpc) is 2.42. The average molecular weight is 297 g/mol. The van der Waals surface area contributed by atoms with Crippen LogP contribution in [0.15, 0.2) is 42.5 Å². The van der Waals surface area contributed by atoms with Gasteiger partial charge in [0, 0.05) is 6.07 Å². The topological polar surface area (TPSA) is 41.1 Å². The Balaban J connectivity index is 1.96. The van der Waals surface area contributed by atoms with E-state index in [0.717, 1.165) is 18.2 Å². The number of para-hydroxylation sites is 1. The van der Waals surface area contributed by atoms with E-state index in [1.807, 2.05) is 0 Å². The van der Waals surface area contributed by atoms with Crippen LogP contribution in [0.5, 0.6) is 0 Å². The van der Waals surface area contributed by atoms with Gasteiger partial charge in [-0.05, 0) is 24.3 Å². The maximum Gasteiger partial charge on any atom is 0.243 e. The highest BCUT2D eigenvalue weighted by atomic mass is 35.5. The largest absolute Gasteiger partial charge is 0.375 e. The number of hydrogen-bond donors (Lipinski definition) is 2. The molecule has 2 rings (SSSR count). The zero-order valence-corrected chi connectivity index (χ0v) is 11.0. The number of benzene rings is 2. The molecule has 2 N–H and O–H groups in total. The van der Waals surface area contributed by atoms with Crippen molar-refractivity contribution in [3.8, 4) is 0 Å². The Bertz CT molecular complexity index is 634. The van der Waals surface area contributed by atoms with Gasteiger partial charge in [-0.25, -0.2) is 8.78 Å². The van der Waals surface area contributed by atoms with Crippen LogP contribution in [-0.4, -0.2) is 12.5 Å². The van der Waals surface area contributed by atoms with E-state index in [9.17, 15) is 13.6 Å². The van der Waals surface area contributed by atoms with Crippen molar-refractivity contribution in [2.75, 3.05) is 17.2 Å². The van der Waals surface area contributed by atoms with Crippen LogP contribution < -0.4 is 10.6 Å². The predicted molar refractivity (Wildman–Crippen MR) is 74.9 cm³/mol. The van der Waals surface area contributed by atoms with E-state index < -0.39 is 17.5 Å². The lowest BCUT2D eigenvalue weighted by Crippen LogP contribution is -2.22. The first-order valence-corrected chi connectivity index (χ1v) is 6.17. The second-order valence-electron chi connectivity index (χ2n) is 4.01. The summed E-state index contributed by atoms with van der Waals surface area (Å²) in [6, 6.07) is 9.75. The Labute approximate surface area is 119 Å². The molecule has 2 aromatic rings. The molecule has 0 aliphatic carbocycles. The fraction of sp³-hybridized carbons (Fsp3) is 0.0714. The second kappa shape index (κ2) is 6.34. The SMILES string of the molecule is O=C(CNc1ccccc1Cl)Nc1cc(F)ccc1F. The second-order valence-corrected chi connectivity index (χ2v) is 4.41. The molecule has 0 saturated heterocycles. The van der Waals surface area contributed by atoms with E-state index in [4.69, 9.17) is 11.6 Å². The fourth-order valence-corrected chi connectivity index (χ4v) is 1.77. The van der Waals surface area contributed by atoms with Crippen molar-refractivity contribution in [3.63, 3.8) is 0 Å². The first kappa shape index (κ1) is 14.3. The molecule has 0 spiro atoms. The van der Waals surface area contributed by atoms with Crippen molar-refractivity contribution in [2.45, 2.75) is 0 Å². The molecule has 0 aliphatic rings. The monoisotopic (exact) mass is 296 g/mol. The minimum Gasteiger partial charge on any atom is -0.375 e. The first-order chi connectivity index (χ1) is 9.56. The van der Waals surface area contributed by atoms with Gasteiger partial charge in [-0.3, -0.25) is 4.79 Å². The number of nitrogens with one attached hydrogen (secondary N) is 2. The fourth-order valence-electron chi connectivity index (χ4n) is 1.57. The quantitative estimate of drug-likeness (QED) is 0.904. The smallest absolute Gasteiger partial charge is 0.243 e. The lowest BCUT2D eigenvalue weighted by Gasteiger charge is -2.09. The number of anilines is 2. The Morgan fingerprint density at radius 1 is 1.10 bits per heavy atom. The standard InChI is InChI=1S/C14H11ClF2N2O/c15-10-3-1-2-4-12(10)18-8-14(20)19-13-7-9(16)5-6-11(13)17/h1-7,18H,8H2,(H,19,20). The normalized spacial score (nSPS) is 10.2. The number of halogens is 3. The summed E-state index contributed by atoms with van der Waals surface area (Å²) in [6.07, 6.45) is 0. The molecule has 2 aromatic carbocycles. The molecule has 20 heavy (non-hydrogen) atoms. The van der Waals surface area contributed by atoms with Crippen LogP contribution in [0, 0.1) is 11.6 Å². The van der Waals surface area contributed by atoms with Gasteiger partial charge in [0.25, 0.3) is 0 Å². The lowest BCUT2D eigenvalue weighted by molar-refractivity contribution is -0.114. The third-order valence-electron chi connectivity index (χ3n) is 2.52. The van der Waals surface area contributed by atoms with Gasteiger partial charge in [0.1, 0.15) is 11.6 Å². The van der Waals surface area contributed by atoms with Gasteiger partial charge >= 0.3 is 0 Å². The van der Waals surface area contributed by atoms with Crippen molar-refractivity contribution < 1.29 is 13.6 Å². The summed E-state index contributed by atoms with van der Waals surface area (Å²) in [5.74, 6) is -1.83. The van der Waals surface area contributed by atoms with Crippen LogP contribution in [0.25, 0.3) is 0 Å². The summed E-state index contributed by atoms with van der Waals surface area (Å²) in [5.41, 5.74) is 0.389. The van der Waals surface area contributed by atoms with Crippen molar-refractivity contribution in [3.05, 3.63) is 59.1 Å². The maximum atomic E-state index is 13.3. The number of carbonyl (C=O) groups is 1. The van der Waals surface area contributed by atoms with Gasteiger partial charge < -0.3 is 10.6 Å². The van der Waals surface area contributed by atoms with E-state index >= 15 is 0 Å². The molecule has 0 saturated carbocycles. The van der Waals surface area contributed by atoms with Gasteiger partial charge in [-0.2, -0.15) is 0 Å². The molecule has 0 fully saturated rings. The van der Waals surface area contributed by atoms with Crippen molar-refractivity contribution in [1.82, 2.24) is 0 Å². The van der Waals surface area contributed by atoms with Gasteiger partial charge in [-0.15, -0.1) is 0 Å². The van der Waals surface area contributed by atoms with Gasteiger partial charge in [0.05, 0.1) is 22.9 Å². The van der Waals surface area contributed by atoms with Crippen LogP contribution >= 0.6 is 11.6 Å². The summed E-state index contributed by atoms with van der Waals surface area (Å²) in [5, 5.41) is 5.56. The van der Waals surface area contributed by atoms with E-state index in [1.165, 1.54) is 0 Å². The van der Waals surface area contributed by atoms with Crippen LogP contribution in [-0.2, 0) is 4.79 Å². The third-order valence-corrected chi connectivity index (χ3v) is 2.85. The Morgan fingerprint density at radius 2 is 1.85 bits per heavy atom. The van der Waals surface area contributed by atoms with Crippen LogP contribution in [0.2, 0.25) is 5.02 Å². The van der Waals surface area contributed by atoms with Gasteiger partial charge in [0.2, 0.25) is 5.91 Å². The third kappa shape index (κ3) is 3.68. The van der Waals surface area contributed by atoms with Crippen LogP contribution in [0.3, 0.4) is 0 Å². The molecule has 104 valence electrons. The summed E-state index contributed by atoms with van der Waals surface area (Å²) < 4.78 is 26.3.